The molecule has 1 aromatic rings. The maximum Gasteiger partial charge on any atom is 0.227 e. The number of piperidine rings is 1. The maximum atomic E-state index is 12.7. The van der Waals surface area contributed by atoms with Gasteiger partial charge in [-0.1, -0.05) is 6.92 Å². The van der Waals surface area contributed by atoms with E-state index in [2.05, 4.69) is 17.6 Å². The van der Waals surface area contributed by atoms with Crippen LogP contribution in [0.15, 0.2) is 18.2 Å². The highest BCUT2D eigenvalue weighted by Gasteiger charge is 2.37. The van der Waals surface area contributed by atoms with Crippen LogP contribution in [0.2, 0.25) is 0 Å². The fourth-order valence-electron chi connectivity index (χ4n) is 3.65. The van der Waals surface area contributed by atoms with Crippen LogP contribution in [0.5, 0.6) is 11.5 Å². The summed E-state index contributed by atoms with van der Waals surface area (Å²) in [5.41, 5.74) is 0.670. The van der Waals surface area contributed by atoms with Gasteiger partial charge in [0.1, 0.15) is 11.5 Å². The van der Waals surface area contributed by atoms with Gasteiger partial charge >= 0.3 is 0 Å². The Hall–Kier alpha value is -1.99. The van der Waals surface area contributed by atoms with Crippen molar-refractivity contribution in [2.24, 2.45) is 11.8 Å². The summed E-state index contributed by atoms with van der Waals surface area (Å²) in [6.45, 7) is 4.32. The Bertz CT molecular complexity index is 685. The van der Waals surface area contributed by atoms with Gasteiger partial charge in [0.15, 0.2) is 0 Å². The van der Waals surface area contributed by atoms with Crippen LogP contribution in [-0.2, 0) is 9.59 Å². The zero-order valence-corrected chi connectivity index (χ0v) is 16.8. The van der Waals surface area contributed by atoms with Crippen molar-refractivity contribution in [3.8, 4) is 11.5 Å². The van der Waals surface area contributed by atoms with Crippen LogP contribution in [0, 0.1) is 11.8 Å². The number of carbonyl (C=O) groups is 2. The molecule has 0 saturated carbocycles. The second kappa shape index (κ2) is 9.28. The molecule has 2 N–H and O–H groups in total. The first-order valence-electron chi connectivity index (χ1n) is 9.07. The zero-order chi connectivity index (χ0) is 18.7. The average molecular weight is 398 g/mol. The third-order valence-electron chi connectivity index (χ3n) is 5.29. The molecule has 3 atom stereocenters. The van der Waals surface area contributed by atoms with Gasteiger partial charge in [-0.25, -0.2) is 0 Å². The third-order valence-corrected chi connectivity index (χ3v) is 5.29. The minimum absolute atomic E-state index is 0. The molecule has 2 aliphatic heterocycles. The number of nitrogens with zero attached hydrogens (tertiary/aromatic N) is 1. The molecule has 0 aromatic heterocycles. The Balaban J connectivity index is 0.00000261. The smallest absolute Gasteiger partial charge is 0.227 e. The Kier molecular flexibility index (Phi) is 7.33. The van der Waals surface area contributed by atoms with E-state index in [0.717, 1.165) is 19.5 Å². The standard InChI is InChI=1S/C19H27N3O4.ClH/c1-12-10-20-7-6-15(12)21-19(24)13-8-18(23)22(11-13)16-5-4-14(25-2)9-17(16)26-3;/h4-5,9,12-13,15,20H,6-8,10-11H2,1-3H3,(H,21,24);1H. The molecule has 8 heteroatoms. The largest absolute Gasteiger partial charge is 0.497 e. The normalized spacial score (nSPS) is 24.9. The summed E-state index contributed by atoms with van der Waals surface area (Å²) in [4.78, 5) is 26.8. The maximum absolute atomic E-state index is 12.7. The van der Waals surface area contributed by atoms with Gasteiger partial charge in [0.05, 0.1) is 25.8 Å². The van der Waals surface area contributed by atoms with Crippen LogP contribution in [0.25, 0.3) is 0 Å². The second-order valence-electron chi connectivity index (χ2n) is 7.03. The van der Waals surface area contributed by atoms with Gasteiger partial charge in [0.2, 0.25) is 11.8 Å². The van der Waals surface area contributed by atoms with Crippen LogP contribution in [0.4, 0.5) is 5.69 Å². The molecule has 2 heterocycles. The number of hydrogen-bond donors (Lipinski definition) is 2. The van der Waals surface area contributed by atoms with Crippen molar-refractivity contribution < 1.29 is 19.1 Å². The van der Waals surface area contributed by atoms with Crippen molar-refractivity contribution in [3.63, 3.8) is 0 Å². The van der Waals surface area contributed by atoms with Crippen molar-refractivity contribution in [2.75, 3.05) is 38.8 Å². The molecule has 27 heavy (non-hydrogen) atoms. The molecule has 3 rings (SSSR count). The number of methoxy groups -OCH3 is 2. The van der Waals surface area contributed by atoms with Crippen LogP contribution in [0.1, 0.15) is 19.8 Å². The summed E-state index contributed by atoms with van der Waals surface area (Å²) in [5, 5.41) is 6.47. The summed E-state index contributed by atoms with van der Waals surface area (Å²) in [7, 11) is 3.14. The highest BCUT2D eigenvalue weighted by molar-refractivity contribution is 6.01. The number of rotatable bonds is 5. The molecule has 0 radical (unpaired) electrons. The molecule has 0 aliphatic carbocycles. The highest BCUT2D eigenvalue weighted by Crippen LogP contribution is 2.35. The third kappa shape index (κ3) is 4.65. The number of ether oxygens (including phenoxy) is 2. The summed E-state index contributed by atoms with van der Waals surface area (Å²) < 4.78 is 10.6. The number of benzene rings is 1. The number of halogens is 1. The van der Waals surface area contributed by atoms with E-state index in [-0.39, 0.29) is 42.6 Å². The number of anilines is 1. The monoisotopic (exact) mass is 397 g/mol. The molecular formula is C19H28ClN3O4. The lowest BCUT2D eigenvalue weighted by Gasteiger charge is -2.31. The topological polar surface area (TPSA) is 79.9 Å². The van der Waals surface area contributed by atoms with Crippen LogP contribution in [0.3, 0.4) is 0 Å². The quantitative estimate of drug-likeness (QED) is 0.788. The summed E-state index contributed by atoms with van der Waals surface area (Å²) in [6.07, 6.45) is 1.14. The predicted octanol–water partition coefficient (Wildman–Crippen LogP) is 1.59. The van der Waals surface area contributed by atoms with Crippen LogP contribution < -0.4 is 25.0 Å². The first-order chi connectivity index (χ1) is 12.5. The predicted molar refractivity (Wildman–Crippen MR) is 106 cm³/mol. The number of amides is 2. The van der Waals surface area contributed by atoms with Crippen molar-refractivity contribution in [1.29, 1.82) is 0 Å². The Labute approximate surface area is 166 Å². The van der Waals surface area contributed by atoms with E-state index >= 15 is 0 Å². The van der Waals surface area contributed by atoms with Crippen LogP contribution >= 0.6 is 12.4 Å². The molecule has 1 aromatic carbocycles. The minimum atomic E-state index is -0.337. The van der Waals surface area contributed by atoms with Gasteiger partial charge in [0.25, 0.3) is 0 Å². The van der Waals surface area contributed by atoms with Crippen molar-refractivity contribution >= 4 is 29.9 Å². The van der Waals surface area contributed by atoms with E-state index in [0.29, 0.717) is 29.6 Å². The zero-order valence-electron chi connectivity index (χ0n) is 16.0. The van der Waals surface area contributed by atoms with E-state index in [9.17, 15) is 9.59 Å². The lowest BCUT2D eigenvalue weighted by Crippen LogP contribution is -2.50. The van der Waals surface area contributed by atoms with E-state index < -0.39 is 0 Å². The summed E-state index contributed by atoms with van der Waals surface area (Å²) in [5.74, 6) is 1.18. The van der Waals surface area contributed by atoms with E-state index in [1.165, 1.54) is 0 Å². The van der Waals surface area contributed by atoms with Crippen LogP contribution in [-0.4, -0.2) is 51.7 Å². The van der Waals surface area contributed by atoms with E-state index in [1.807, 2.05) is 0 Å². The molecule has 0 bridgehead atoms. The van der Waals surface area contributed by atoms with Gasteiger partial charge in [-0.15, -0.1) is 12.4 Å². The Morgan fingerprint density at radius 3 is 2.74 bits per heavy atom. The molecule has 2 saturated heterocycles. The fraction of sp³-hybridized carbons (Fsp3) is 0.579. The first-order valence-corrected chi connectivity index (χ1v) is 9.07. The molecule has 2 fully saturated rings. The minimum Gasteiger partial charge on any atom is -0.497 e. The van der Waals surface area contributed by atoms with Crippen molar-refractivity contribution in [3.05, 3.63) is 18.2 Å². The molecule has 3 unspecified atom stereocenters. The number of nitrogens with one attached hydrogen (secondary N) is 2. The number of carbonyl (C=O) groups excluding carboxylic acids is 2. The first kappa shape index (κ1) is 21.3. The SMILES string of the molecule is COc1ccc(N2CC(C(=O)NC3CCNCC3C)CC2=O)c(OC)c1.Cl. The molecule has 0 spiro atoms. The van der Waals surface area contributed by atoms with Gasteiger partial charge in [-0.3, -0.25) is 9.59 Å². The Morgan fingerprint density at radius 2 is 2.07 bits per heavy atom. The lowest BCUT2D eigenvalue weighted by atomic mass is 9.94. The lowest BCUT2D eigenvalue weighted by molar-refractivity contribution is -0.127. The average Bonchev–Trinajstić information content (AvgIpc) is 3.04. The molecule has 150 valence electrons. The van der Waals surface area contributed by atoms with Crippen molar-refractivity contribution in [2.45, 2.75) is 25.8 Å². The molecule has 2 aliphatic rings. The second-order valence-corrected chi connectivity index (χ2v) is 7.03. The molecule has 2 amide bonds. The van der Waals surface area contributed by atoms with E-state index in [4.69, 9.17) is 9.47 Å². The number of hydrogen-bond acceptors (Lipinski definition) is 5. The van der Waals surface area contributed by atoms with Gasteiger partial charge in [-0.05, 0) is 37.6 Å². The molecule has 7 nitrogen and oxygen atoms in total. The Morgan fingerprint density at radius 1 is 1.30 bits per heavy atom. The summed E-state index contributed by atoms with van der Waals surface area (Å²) in [6, 6.07) is 5.50. The van der Waals surface area contributed by atoms with Gasteiger partial charge < -0.3 is 25.0 Å². The van der Waals surface area contributed by atoms with Gasteiger partial charge in [-0.2, -0.15) is 0 Å². The fourth-order valence-corrected chi connectivity index (χ4v) is 3.65. The molecular weight excluding hydrogens is 370 g/mol. The highest BCUT2D eigenvalue weighted by atomic mass is 35.5. The summed E-state index contributed by atoms with van der Waals surface area (Å²) >= 11 is 0. The van der Waals surface area contributed by atoms with Gasteiger partial charge in [0, 0.05) is 25.1 Å². The van der Waals surface area contributed by atoms with Crippen molar-refractivity contribution in [1.82, 2.24) is 10.6 Å². The van der Waals surface area contributed by atoms with E-state index in [1.54, 1.807) is 37.3 Å².